The Morgan fingerprint density at radius 3 is 2.14 bits per heavy atom. The van der Waals surface area contributed by atoms with Crippen LogP contribution in [0, 0.1) is 5.41 Å². The van der Waals surface area contributed by atoms with Crippen molar-refractivity contribution in [3.63, 3.8) is 0 Å². The quantitative estimate of drug-likeness (QED) is 0.695. The Morgan fingerprint density at radius 1 is 1.14 bits per heavy atom. The van der Waals surface area contributed by atoms with Crippen molar-refractivity contribution in [2.45, 2.75) is 26.7 Å². The molecule has 0 nitrogen and oxygen atoms in total. The molecule has 3 heteroatoms. The Morgan fingerprint density at radius 2 is 1.71 bits per heavy atom. The molecule has 0 saturated carbocycles. The monoisotopic (exact) mass is 262 g/mol. The molecule has 0 aliphatic carbocycles. The summed E-state index contributed by atoms with van der Waals surface area (Å²) in [7, 11) is 0. The molecule has 14 heavy (non-hydrogen) atoms. The second-order valence-corrected chi connectivity index (χ2v) is 5.25. The third-order valence-corrected chi connectivity index (χ3v) is 2.62. The summed E-state index contributed by atoms with van der Waals surface area (Å²) in [6, 6.07) is 6.28. The molecule has 0 aromatic heterocycles. The van der Waals surface area contributed by atoms with Crippen LogP contribution in [-0.2, 0) is 5.92 Å². The van der Waals surface area contributed by atoms with E-state index in [1.54, 1.807) is 12.1 Å². The fraction of sp³-hybridized carbons (Fsp3) is 0.455. The average Bonchev–Trinajstić information content (AvgIpc) is 2.02. The standard InChI is InChI=1S/C11H13BrF2/c1-10(2,3)11(13,14)8-5-4-6-9(12)7-8/h4-7H,1-3H3. The van der Waals surface area contributed by atoms with Gasteiger partial charge in [0.05, 0.1) is 0 Å². The van der Waals surface area contributed by atoms with Gasteiger partial charge in [-0.25, -0.2) is 8.78 Å². The van der Waals surface area contributed by atoms with E-state index >= 15 is 0 Å². The van der Waals surface area contributed by atoms with Crippen LogP contribution in [0.3, 0.4) is 0 Å². The smallest absolute Gasteiger partial charge is 0.201 e. The maximum absolute atomic E-state index is 13.8. The van der Waals surface area contributed by atoms with Gasteiger partial charge in [0.2, 0.25) is 0 Å². The zero-order valence-electron chi connectivity index (χ0n) is 8.44. The van der Waals surface area contributed by atoms with E-state index in [-0.39, 0.29) is 5.56 Å². The first-order chi connectivity index (χ1) is 6.25. The molecule has 0 spiro atoms. The van der Waals surface area contributed by atoms with Gasteiger partial charge in [0.1, 0.15) is 0 Å². The molecule has 0 atom stereocenters. The van der Waals surface area contributed by atoms with Gasteiger partial charge in [-0.05, 0) is 12.1 Å². The molecule has 0 heterocycles. The van der Waals surface area contributed by atoms with E-state index in [9.17, 15) is 8.78 Å². The van der Waals surface area contributed by atoms with Crippen LogP contribution in [0.25, 0.3) is 0 Å². The largest absolute Gasteiger partial charge is 0.277 e. The molecule has 78 valence electrons. The molecule has 0 bridgehead atoms. The van der Waals surface area contributed by atoms with Gasteiger partial charge in [-0.3, -0.25) is 0 Å². The maximum atomic E-state index is 13.8. The molecule has 0 aliphatic rings. The number of benzene rings is 1. The van der Waals surface area contributed by atoms with Gasteiger partial charge >= 0.3 is 0 Å². The van der Waals surface area contributed by atoms with Crippen molar-refractivity contribution in [3.05, 3.63) is 34.3 Å². The van der Waals surface area contributed by atoms with Crippen molar-refractivity contribution in [2.75, 3.05) is 0 Å². The molecule has 0 saturated heterocycles. The van der Waals surface area contributed by atoms with E-state index in [0.717, 1.165) is 0 Å². The summed E-state index contributed by atoms with van der Waals surface area (Å²) in [5.74, 6) is -2.81. The van der Waals surface area contributed by atoms with E-state index in [4.69, 9.17) is 0 Å². The number of halogens is 3. The topological polar surface area (TPSA) is 0 Å². The zero-order chi connectivity index (χ0) is 11.0. The highest BCUT2D eigenvalue weighted by Crippen LogP contribution is 2.44. The number of hydrogen-bond donors (Lipinski definition) is 0. The minimum Gasteiger partial charge on any atom is -0.201 e. The van der Waals surface area contributed by atoms with Crippen LogP contribution < -0.4 is 0 Å². The molecule has 0 radical (unpaired) electrons. The minimum absolute atomic E-state index is 0.0550. The lowest BCUT2D eigenvalue weighted by Crippen LogP contribution is -2.31. The van der Waals surface area contributed by atoms with E-state index in [1.807, 2.05) is 0 Å². The Kier molecular flexibility index (Phi) is 3.00. The zero-order valence-corrected chi connectivity index (χ0v) is 10.0. The van der Waals surface area contributed by atoms with Crippen LogP contribution in [0.1, 0.15) is 26.3 Å². The summed E-state index contributed by atoms with van der Waals surface area (Å²) in [4.78, 5) is 0. The number of rotatable bonds is 1. The van der Waals surface area contributed by atoms with Crippen LogP contribution in [0.15, 0.2) is 28.7 Å². The highest BCUT2D eigenvalue weighted by molar-refractivity contribution is 9.10. The molecule has 0 aliphatic heterocycles. The van der Waals surface area contributed by atoms with Crippen molar-refractivity contribution < 1.29 is 8.78 Å². The van der Waals surface area contributed by atoms with Crippen LogP contribution in [0.4, 0.5) is 8.78 Å². The lowest BCUT2D eigenvalue weighted by Gasteiger charge is -2.30. The number of hydrogen-bond acceptors (Lipinski definition) is 0. The summed E-state index contributed by atoms with van der Waals surface area (Å²) in [6.07, 6.45) is 0. The average molecular weight is 263 g/mol. The normalized spacial score (nSPS) is 13.0. The maximum Gasteiger partial charge on any atom is 0.277 e. The highest BCUT2D eigenvalue weighted by Gasteiger charge is 2.44. The lowest BCUT2D eigenvalue weighted by atomic mass is 9.84. The first kappa shape index (κ1) is 11.6. The fourth-order valence-corrected chi connectivity index (χ4v) is 1.52. The molecule has 0 amide bonds. The van der Waals surface area contributed by atoms with Crippen molar-refractivity contribution in [1.82, 2.24) is 0 Å². The van der Waals surface area contributed by atoms with Gasteiger partial charge in [0.15, 0.2) is 0 Å². The summed E-state index contributed by atoms with van der Waals surface area (Å²) in [6.45, 7) is 4.61. The van der Waals surface area contributed by atoms with Gasteiger partial charge in [-0.15, -0.1) is 0 Å². The predicted molar refractivity (Wildman–Crippen MR) is 57.5 cm³/mol. The van der Waals surface area contributed by atoms with E-state index in [0.29, 0.717) is 4.47 Å². The lowest BCUT2D eigenvalue weighted by molar-refractivity contribution is -0.104. The van der Waals surface area contributed by atoms with Crippen LogP contribution in [0.5, 0.6) is 0 Å². The molecule has 1 aromatic rings. The third kappa shape index (κ3) is 2.14. The van der Waals surface area contributed by atoms with Crippen LogP contribution in [-0.4, -0.2) is 0 Å². The van der Waals surface area contributed by atoms with Gasteiger partial charge in [-0.2, -0.15) is 0 Å². The Bertz CT molecular complexity index is 326. The van der Waals surface area contributed by atoms with Gasteiger partial charge in [0.25, 0.3) is 5.92 Å². The summed E-state index contributed by atoms with van der Waals surface area (Å²) >= 11 is 3.19. The van der Waals surface area contributed by atoms with E-state index in [1.165, 1.54) is 32.9 Å². The fourth-order valence-electron chi connectivity index (χ4n) is 1.12. The molecule has 0 N–H and O–H groups in total. The molecule has 1 rings (SSSR count). The van der Waals surface area contributed by atoms with E-state index < -0.39 is 11.3 Å². The molecular weight excluding hydrogens is 250 g/mol. The predicted octanol–water partition coefficient (Wildman–Crippen LogP) is 4.59. The Balaban J connectivity index is 3.16. The van der Waals surface area contributed by atoms with Crippen molar-refractivity contribution in [2.24, 2.45) is 5.41 Å². The summed E-state index contributed by atoms with van der Waals surface area (Å²) < 4.78 is 28.3. The molecule has 0 fully saturated rings. The second-order valence-electron chi connectivity index (χ2n) is 4.33. The Labute approximate surface area is 91.5 Å². The first-order valence-electron chi connectivity index (χ1n) is 4.39. The van der Waals surface area contributed by atoms with Crippen molar-refractivity contribution in [3.8, 4) is 0 Å². The minimum atomic E-state index is -2.81. The van der Waals surface area contributed by atoms with Crippen LogP contribution in [0.2, 0.25) is 0 Å². The summed E-state index contributed by atoms with van der Waals surface area (Å²) in [5, 5.41) is 0. The number of alkyl halides is 2. The van der Waals surface area contributed by atoms with Crippen LogP contribution >= 0.6 is 15.9 Å². The van der Waals surface area contributed by atoms with Crippen molar-refractivity contribution >= 4 is 15.9 Å². The SMILES string of the molecule is CC(C)(C)C(F)(F)c1cccc(Br)c1. The van der Waals surface area contributed by atoms with Crippen molar-refractivity contribution in [1.29, 1.82) is 0 Å². The van der Waals surface area contributed by atoms with Gasteiger partial charge in [0, 0.05) is 15.5 Å². The Hall–Kier alpha value is -0.440. The highest BCUT2D eigenvalue weighted by atomic mass is 79.9. The second kappa shape index (κ2) is 3.61. The third-order valence-electron chi connectivity index (χ3n) is 2.13. The van der Waals surface area contributed by atoms with Gasteiger partial charge in [-0.1, -0.05) is 48.8 Å². The van der Waals surface area contributed by atoms with E-state index in [2.05, 4.69) is 15.9 Å². The molecule has 0 unspecified atom stereocenters. The summed E-state index contributed by atoms with van der Waals surface area (Å²) in [5.41, 5.74) is -1.01. The first-order valence-corrected chi connectivity index (χ1v) is 5.18. The molecule has 1 aromatic carbocycles. The van der Waals surface area contributed by atoms with Gasteiger partial charge < -0.3 is 0 Å². The molecular formula is C11H13BrF2.